The topological polar surface area (TPSA) is 182 Å². The molecule has 0 aliphatic rings. The second-order valence-electron chi connectivity index (χ2n) is 18.5. The number of aryl methyl sites for hydroxylation is 6. The number of aromatic nitrogens is 16. The molecular weight excluding hydrogens is 1460 g/mol. The third kappa shape index (κ3) is 57.4. The van der Waals surface area contributed by atoms with Crippen molar-refractivity contribution in [1.82, 2.24) is 78.5 Å². The van der Waals surface area contributed by atoms with E-state index in [0.29, 0.717) is 0 Å². The molecule has 0 aliphatic heterocycles. The van der Waals surface area contributed by atoms with Gasteiger partial charge in [-0.3, -0.25) is 24.9 Å². The fourth-order valence-electron chi connectivity index (χ4n) is 8.29. The van der Waals surface area contributed by atoms with Crippen molar-refractivity contribution in [1.29, 1.82) is 0 Å². The highest BCUT2D eigenvalue weighted by Gasteiger charge is 2.04. The normalized spacial score (nSPS) is 8.00. The minimum Gasteiger partial charge on any atom is -0.331 e. The molecule has 0 bridgehead atoms. The molecule has 0 fully saturated rings. The second kappa shape index (κ2) is 103. The molecule has 10 aromatic heterocycles. The maximum atomic E-state index is 4.38. The highest BCUT2D eigenvalue weighted by atomic mass is 15.1. The van der Waals surface area contributed by atoms with Gasteiger partial charge >= 0.3 is 0 Å². The van der Waals surface area contributed by atoms with Gasteiger partial charge in [0.05, 0.1) is 49.7 Å². The number of hydrogen-bond donors (Lipinski definition) is 0. The van der Waals surface area contributed by atoms with E-state index in [1.807, 2.05) is 423 Å². The molecule has 658 valence electrons. The average Bonchev–Trinajstić information content (AvgIpc) is 1.79. The van der Waals surface area contributed by atoms with Crippen LogP contribution in [0.4, 0.5) is 0 Å². The van der Waals surface area contributed by atoms with Crippen LogP contribution in [0.5, 0.6) is 0 Å². The third-order valence-electron chi connectivity index (χ3n) is 12.9. The predicted octanol–water partition coefficient (Wildman–Crippen LogP) is 31.8. The summed E-state index contributed by atoms with van der Waals surface area (Å²) in [6, 6.07) is 66.4. The third-order valence-corrected chi connectivity index (χ3v) is 12.9. The van der Waals surface area contributed by atoms with E-state index < -0.39 is 0 Å². The SMILES string of the molecule is CC.CC.CC.CC.CC.CC.CC.CC.CC.CC.CC.CC.CC.CC.CC.CC.CC.Cc1nc2ccccc2n1C.Cc1nc2ccccc2n1C.Cc1nc2ccccc2n1C.c1ccc2cnccc2c1.c1ccc2ncccc2c1.c1ccncc1.c1cnc2c(c1)ccc1cccnc12.c1cncnc1.c1ncncn1. The van der Waals surface area contributed by atoms with Gasteiger partial charge in [-0.05, 0) is 116 Å². The van der Waals surface area contributed by atoms with Crippen LogP contribution >= 0.6 is 0 Å². The summed E-state index contributed by atoms with van der Waals surface area (Å²) in [5.41, 5.74) is 9.84. The van der Waals surface area contributed by atoms with Gasteiger partial charge in [-0.25, -0.2) is 39.9 Å². The van der Waals surface area contributed by atoms with E-state index in [-0.39, 0.29) is 0 Å². The molecule has 0 amide bonds. The Balaban J connectivity index is -0.000000135. The number of nitrogens with zero attached hydrogens (tertiary/aromatic N) is 16. The number of pyridine rings is 5. The lowest BCUT2D eigenvalue weighted by Crippen LogP contribution is -1.89. The van der Waals surface area contributed by atoms with Gasteiger partial charge in [0.25, 0.3) is 0 Å². The molecule has 0 saturated heterocycles. The van der Waals surface area contributed by atoms with Gasteiger partial charge in [0.15, 0.2) is 0 Å². The van der Waals surface area contributed by atoms with E-state index in [2.05, 4.69) is 145 Å². The van der Waals surface area contributed by atoms with Crippen molar-refractivity contribution in [2.24, 2.45) is 21.1 Å². The number of hydrogen-bond acceptors (Lipinski definition) is 13. The monoisotopic (exact) mass is 1630 g/mol. The van der Waals surface area contributed by atoms with Crippen LogP contribution in [0.1, 0.15) is 253 Å². The lowest BCUT2D eigenvalue weighted by molar-refractivity contribution is 0.886. The molecule has 0 aliphatic carbocycles. The van der Waals surface area contributed by atoms with E-state index in [1.54, 1.807) is 43.2 Å². The van der Waals surface area contributed by atoms with Crippen LogP contribution in [0.3, 0.4) is 0 Å². The summed E-state index contributed by atoms with van der Waals surface area (Å²) in [7, 11) is 6.10. The molecule has 16 nitrogen and oxygen atoms in total. The Labute approximate surface area is 727 Å². The first-order valence-electron chi connectivity index (χ1n) is 44.2. The molecule has 0 saturated carbocycles. The molecule has 0 spiro atoms. The summed E-state index contributed by atoms with van der Waals surface area (Å²) in [6.45, 7) is 74.0. The molecule has 10 heterocycles. The molecule has 6 aromatic carbocycles. The molecule has 119 heavy (non-hydrogen) atoms. The minimum atomic E-state index is 0.977. The van der Waals surface area contributed by atoms with Crippen molar-refractivity contribution in [3.05, 3.63) is 299 Å². The summed E-state index contributed by atoms with van der Waals surface area (Å²) in [5, 5.41) is 5.92. The summed E-state index contributed by atoms with van der Waals surface area (Å²) >= 11 is 0. The Kier molecular flexibility index (Phi) is 111. The van der Waals surface area contributed by atoms with E-state index in [4.69, 9.17) is 0 Å². The molecule has 0 radical (unpaired) electrons. The molecule has 16 aromatic rings. The lowest BCUT2D eigenvalue weighted by Gasteiger charge is -2.00. The summed E-state index contributed by atoms with van der Waals surface area (Å²) in [4.78, 5) is 51.8. The highest BCUT2D eigenvalue weighted by molar-refractivity contribution is 6.02. The standard InChI is InChI=1S/C12H8N2.3C9H10N2.2C9H7N.C5H5N.C4H4N2.C3H3N3.17C2H6/c1-3-9-5-6-10-4-2-8-14-12(10)11(9)13-7-1;3*1-7-10-8-5-3-4-6-9(8)11(7)2;1-2-6-9-8(4-1)5-3-7-10-9;1-2-4-9-7-10-6-5-8(9)3-1;1-2-4-6-5-3-1;1-2-5-4-6-3-1;1-4-2-6-3-5-1;17*1-2/h1-8H;3*3-6H,1-2H3;2*1-7H;1-5H;1-4H;1-3H;17*1-2H3. The van der Waals surface area contributed by atoms with E-state index in [9.17, 15) is 0 Å². The molecule has 16 heteroatoms. The minimum absolute atomic E-state index is 0.977. The quantitative estimate of drug-likeness (QED) is 0.131. The van der Waals surface area contributed by atoms with Crippen LogP contribution < -0.4 is 0 Å². The molecule has 0 unspecified atom stereocenters. The maximum Gasteiger partial charge on any atom is 0.119 e. The van der Waals surface area contributed by atoms with E-state index in [0.717, 1.165) is 61.3 Å². The number of fused-ring (bicyclic) bond motifs is 8. The zero-order valence-corrected chi connectivity index (χ0v) is 82.2. The van der Waals surface area contributed by atoms with Gasteiger partial charge in [0, 0.05) is 93.1 Å². The Morgan fingerprint density at radius 2 is 0.454 bits per heavy atom. The van der Waals surface area contributed by atoms with Crippen LogP contribution in [0.25, 0.3) is 76.6 Å². The smallest absolute Gasteiger partial charge is 0.119 e. The largest absolute Gasteiger partial charge is 0.331 e. The zero-order chi connectivity index (χ0) is 93.3. The van der Waals surface area contributed by atoms with Crippen LogP contribution in [-0.4, -0.2) is 78.5 Å². The van der Waals surface area contributed by atoms with Crippen molar-refractivity contribution in [2.45, 2.75) is 256 Å². The van der Waals surface area contributed by atoms with Crippen LogP contribution in [0.15, 0.2) is 281 Å². The fraction of sp³-hybridized carbons (Fsp3) is 0.388. The van der Waals surface area contributed by atoms with Gasteiger partial charge in [0.2, 0.25) is 0 Å². The number of imidazole rings is 3. The molecule has 16 rings (SSSR count). The van der Waals surface area contributed by atoms with Crippen molar-refractivity contribution >= 4 is 76.6 Å². The van der Waals surface area contributed by atoms with Crippen LogP contribution in [0.2, 0.25) is 0 Å². The average molecular weight is 1630 g/mol. The maximum absolute atomic E-state index is 4.38. The van der Waals surface area contributed by atoms with Crippen molar-refractivity contribution in [3.8, 4) is 0 Å². The van der Waals surface area contributed by atoms with Crippen molar-refractivity contribution in [3.63, 3.8) is 0 Å². The van der Waals surface area contributed by atoms with Crippen molar-refractivity contribution in [2.75, 3.05) is 0 Å². The van der Waals surface area contributed by atoms with E-state index >= 15 is 0 Å². The summed E-state index contributed by atoms with van der Waals surface area (Å²) in [5.74, 6) is 3.18. The number of rotatable bonds is 0. The van der Waals surface area contributed by atoms with Gasteiger partial charge in [-0.15, -0.1) is 0 Å². The van der Waals surface area contributed by atoms with Crippen LogP contribution in [0, 0.1) is 20.8 Å². The van der Waals surface area contributed by atoms with Gasteiger partial charge in [-0.1, -0.05) is 351 Å². The fourth-order valence-corrected chi connectivity index (χ4v) is 8.29. The molecule has 0 N–H and O–H groups in total. The predicted molar refractivity (Wildman–Crippen MR) is 536 cm³/mol. The Morgan fingerprint density at radius 1 is 0.185 bits per heavy atom. The molecular formula is C103H166N16. The van der Waals surface area contributed by atoms with Crippen LogP contribution in [-0.2, 0) is 21.1 Å². The van der Waals surface area contributed by atoms with Gasteiger partial charge < -0.3 is 13.7 Å². The zero-order valence-electron chi connectivity index (χ0n) is 82.2. The van der Waals surface area contributed by atoms with E-state index in [1.165, 1.54) is 58.0 Å². The summed E-state index contributed by atoms with van der Waals surface area (Å²) < 4.78 is 6.28. The first-order valence-corrected chi connectivity index (χ1v) is 44.2. The first kappa shape index (κ1) is 128. The number of benzene rings is 6. The summed E-state index contributed by atoms with van der Waals surface area (Å²) in [6.07, 6.45) is 21.8. The Bertz CT molecular complexity index is 3950. The molecule has 0 atom stereocenters. The highest BCUT2D eigenvalue weighted by Crippen LogP contribution is 2.21. The Morgan fingerprint density at radius 3 is 0.723 bits per heavy atom. The second-order valence-corrected chi connectivity index (χ2v) is 18.5. The van der Waals surface area contributed by atoms with Gasteiger partial charge in [-0.2, -0.15) is 0 Å². The van der Waals surface area contributed by atoms with Gasteiger partial charge in [0.1, 0.15) is 42.8 Å². The first-order chi connectivity index (χ1) is 58.7. The Hall–Kier alpha value is -11.4. The van der Waals surface area contributed by atoms with Crippen molar-refractivity contribution < 1.29 is 0 Å². The number of para-hydroxylation sites is 7. The lowest BCUT2D eigenvalue weighted by atomic mass is 10.1.